The number of nitrogens with zero attached hydrogens (tertiary/aromatic N) is 1. The maximum absolute atomic E-state index is 13.0. The molecule has 0 bridgehead atoms. The van der Waals surface area contributed by atoms with Crippen molar-refractivity contribution in [2.45, 2.75) is 52.7 Å². The minimum Gasteiger partial charge on any atom is -0.481 e. The van der Waals surface area contributed by atoms with E-state index in [1.165, 1.54) is 6.92 Å². The van der Waals surface area contributed by atoms with Gasteiger partial charge in [0.15, 0.2) is 0 Å². The van der Waals surface area contributed by atoms with Gasteiger partial charge in [0.05, 0.1) is 15.6 Å². The van der Waals surface area contributed by atoms with E-state index in [9.17, 15) is 19.5 Å². The van der Waals surface area contributed by atoms with E-state index in [1.54, 1.807) is 32.0 Å². The van der Waals surface area contributed by atoms with E-state index >= 15 is 0 Å². The van der Waals surface area contributed by atoms with Crippen molar-refractivity contribution >= 4 is 46.8 Å². The fourth-order valence-corrected chi connectivity index (χ4v) is 3.83. The lowest BCUT2D eigenvalue weighted by atomic mass is 9.75. The summed E-state index contributed by atoms with van der Waals surface area (Å²) >= 11 is 12.5. The number of carboxylic acid groups (broad SMARTS) is 1. The van der Waals surface area contributed by atoms with Crippen LogP contribution < -0.4 is 0 Å². The highest BCUT2D eigenvalue weighted by Gasteiger charge is 2.43. The zero-order valence-corrected chi connectivity index (χ0v) is 18.6. The molecule has 162 valence electrons. The van der Waals surface area contributed by atoms with Gasteiger partial charge >= 0.3 is 17.9 Å². The summed E-state index contributed by atoms with van der Waals surface area (Å²) < 4.78 is 10.3. The smallest absolute Gasteiger partial charge is 0.339 e. The first kappa shape index (κ1) is 23.9. The minimum atomic E-state index is -1.17. The summed E-state index contributed by atoms with van der Waals surface area (Å²) in [5.41, 5.74) is 1.01. The predicted octanol–water partition coefficient (Wildman–Crippen LogP) is 4.76. The van der Waals surface area contributed by atoms with Crippen LogP contribution in [0.15, 0.2) is 34.5 Å². The van der Waals surface area contributed by atoms with Crippen molar-refractivity contribution in [3.63, 3.8) is 0 Å². The van der Waals surface area contributed by atoms with E-state index in [2.05, 4.69) is 4.99 Å². The summed E-state index contributed by atoms with van der Waals surface area (Å²) in [4.78, 5) is 41.0. The van der Waals surface area contributed by atoms with Crippen molar-refractivity contribution in [2.75, 3.05) is 0 Å². The highest BCUT2D eigenvalue weighted by Crippen LogP contribution is 2.43. The standard InChI is InChI=1S/C21H23Cl2NO6/c1-5-7-15(25)29-12(4)30-21(28)17-11(3)24-10(2)16(20(26)27)18(17)13-8-6-9-14(22)19(13)23/h6,8-9,12,16,18H,5,7H2,1-4H3,(H,26,27). The summed E-state index contributed by atoms with van der Waals surface area (Å²) in [5, 5.41) is 10.2. The lowest BCUT2D eigenvalue weighted by molar-refractivity contribution is -0.182. The quantitative estimate of drug-likeness (QED) is 0.469. The second-order valence-corrected chi connectivity index (χ2v) is 7.69. The van der Waals surface area contributed by atoms with Crippen LogP contribution in [-0.4, -0.2) is 35.0 Å². The number of benzene rings is 1. The summed E-state index contributed by atoms with van der Waals surface area (Å²) in [6.45, 7) is 6.39. The van der Waals surface area contributed by atoms with E-state index in [0.29, 0.717) is 23.4 Å². The fourth-order valence-electron chi connectivity index (χ4n) is 3.41. The Labute approximate surface area is 184 Å². The molecule has 1 N–H and O–H groups in total. The van der Waals surface area contributed by atoms with Crippen molar-refractivity contribution in [3.05, 3.63) is 45.1 Å². The molecule has 0 saturated heterocycles. The van der Waals surface area contributed by atoms with Crippen molar-refractivity contribution in [3.8, 4) is 0 Å². The maximum Gasteiger partial charge on any atom is 0.339 e. The van der Waals surface area contributed by atoms with E-state index < -0.39 is 36.0 Å². The van der Waals surface area contributed by atoms with E-state index in [-0.39, 0.29) is 22.0 Å². The van der Waals surface area contributed by atoms with Gasteiger partial charge < -0.3 is 14.6 Å². The molecule has 1 aromatic rings. The van der Waals surface area contributed by atoms with Crippen LogP contribution in [0.5, 0.6) is 0 Å². The Hall–Kier alpha value is -2.38. The molecule has 0 saturated carbocycles. The van der Waals surface area contributed by atoms with Gasteiger partial charge in [-0.3, -0.25) is 14.6 Å². The second kappa shape index (κ2) is 10.1. The summed E-state index contributed by atoms with van der Waals surface area (Å²) in [6.07, 6.45) is -0.370. The van der Waals surface area contributed by atoms with Crippen molar-refractivity contribution in [2.24, 2.45) is 10.9 Å². The van der Waals surface area contributed by atoms with Crippen LogP contribution >= 0.6 is 23.2 Å². The van der Waals surface area contributed by atoms with Gasteiger partial charge in [-0.1, -0.05) is 42.3 Å². The van der Waals surface area contributed by atoms with Gasteiger partial charge in [-0.15, -0.1) is 0 Å². The predicted molar refractivity (Wildman–Crippen MR) is 113 cm³/mol. The molecule has 0 radical (unpaired) electrons. The number of ether oxygens (including phenoxy) is 2. The average molecular weight is 456 g/mol. The van der Waals surface area contributed by atoms with Gasteiger partial charge in [-0.05, 0) is 31.9 Å². The number of carboxylic acids is 1. The van der Waals surface area contributed by atoms with Gasteiger partial charge in [-0.2, -0.15) is 0 Å². The zero-order valence-electron chi connectivity index (χ0n) is 17.1. The third kappa shape index (κ3) is 5.21. The topological polar surface area (TPSA) is 102 Å². The molecular weight excluding hydrogens is 433 g/mol. The van der Waals surface area contributed by atoms with E-state index in [4.69, 9.17) is 32.7 Å². The van der Waals surface area contributed by atoms with E-state index in [1.807, 2.05) is 6.92 Å². The van der Waals surface area contributed by atoms with Gasteiger partial charge in [0, 0.05) is 30.7 Å². The Bertz CT molecular complexity index is 924. The van der Waals surface area contributed by atoms with Gasteiger partial charge in [0.1, 0.15) is 5.92 Å². The molecule has 0 aliphatic carbocycles. The first-order chi connectivity index (χ1) is 14.1. The van der Waals surface area contributed by atoms with Gasteiger partial charge in [0.25, 0.3) is 0 Å². The number of hydrogen-bond donors (Lipinski definition) is 1. The Morgan fingerprint density at radius 2 is 1.87 bits per heavy atom. The lowest BCUT2D eigenvalue weighted by Crippen LogP contribution is -2.36. The third-order valence-corrected chi connectivity index (χ3v) is 5.49. The van der Waals surface area contributed by atoms with Crippen molar-refractivity contribution < 1.29 is 29.0 Å². The molecule has 2 rings (SSSR count). The molecule has 30 heavy (non-hydrogen) atoms. The van der Waals surface area contributed by atoms with Crippen LogP contribution in [0, 0.1) is 5.92 Å². The molecule has 1 aliphatic rings. The number of esters is 2. The monoisotopic (exact) mass is 455 g/mol. The van der Waals surface area contributed by atoms with Gasteiger partial charge in [-0.25, -0.2) is 4.79 Å². The first-order valence-electron chi connectivity index (χ1n) is 9.41. The Kier molecular flexibility index (Phi) is 8.03. The molecule has 0 aromatic heterocycles. The number of halogens is 2. The molecule has 7 nitrogen and oxygen atoms in total. The largest absolute Gasteiger partial charge is 0.481 e. The van der Waals surface area contributed by atoms with Crippen LogP contribution in [0.1, 0.15) is 52.0 Å². The number of rotatable bonds is 7. The fraction of sp³-hybridized carbons (Fsp3) is 0.429. The number of hydrogen-bond acceptors (Lipinski definition) is 6. The maximum atomic E-state index is 13.0. The molecule has 1 heterocycles. The summed E-state index contributed by atoms with van der Waals surface area (Å²) in [7, 11) is 0. The Balaban J connectivity index is 2.48. The number of carbonyl (C=O) groups excluding carboxylic acids is 2. The number of carbonyl (C=O) groups is 3. The third-order valence-electron chi connectivity index (χ3n) is 4.66. The summed E-state index contributed by atoms with van der Waals surface area (Å²) in [5.74, 6) is -4.63. The lowest BCUT2D eigenvalue weighted by Gasteiger charge is -2.31. The van der Waals surface area contributed by atoms with Gasteiger partial charge in [0.2, 0.25) is 6.29 Å². The molecule has 3 unspecified atom stereocenters. The normalized spacial score (nSPS) is 19.7. The number of allylic oxidation sites excluding steroid dienone is 1. The van der Waals surface area contributed by atoms with Crippen LogP contribution in [0.2, 0.25) is 10.0 Å². The molecular formula is C21H23Cl2NO6. The van der Waals surface area contributed by atoms with Crippen LogP contribution in [-0.2, 0) is 23.9 Å². The summed E-state index contributed by atoms with van der Waals surface area (Å²) in [6, 6.07) is 4.80. The Morgan fingerprint density at radius 3 is 2.47 bits per heavy atom. The van der Waals surface area contributed by atoms with Crippen molar-refractivity contribution in [1.29, 1.82) is 0 Å². The molecule has 3 atom stereocenters. The molecule has 1 aliphatic heterocycles. The van der Waals surface area contributed by atoms with Crippen LogP contribution in [0.3, 0.4) is 0 Å². The van der Waals surface area contributed by atoms with Crippen molar-refractivity contribution in [1.82, 2.24) is 0 Å². The Morgan fingerprint density at radius 1 is 1.20 bits per heavy atom. The first-order valence-corrected chi connectivity index (χ1v) is 10.2. The molecule has 0 amide bonds. The molecule has 0 spiro atoms. The second-order valence-electron chi connectivity index (χ2n) is 6.90. The SMILES string of the molecule is CCCC(=O)OC(C)OC(=O)C1=C(C)N=C(C)C(C(=O)O)C1c1cccc(Cl)c1Cl. The zero-order chi connectivity index (χ0) is 22.6. The molecule has 1 aromatic carbocycles. The number of aliphatic carboxylic acids is 1. The van der Waals surface area contributed by atoms with Crippen LogP contribution in [0.4, 0.5) is 0 Å². The molecule has 9 heteroatoms. The minimum absolute atomic E-state index is 0.0237. The average Bonchev–Trinajstić information content (AvgIpc) is 2.62. The number of aliphatic imine (C=N–C) groups is 1. The van der Waals surface area contributed by atoms with Crippen LogP contribution in [0.25, 0.3) is 0 Å². The van der Waals surface area contributed by atoms with E-state index in [0.717, 1.165) is 0 Å². The molecule has 0 fully saturated rings. The highest BCUT2D eigenvalue weighted by molar-refractivity contribution is 6.42. The highest BCUT2D eigenvalue weighted by atomic mass is 35.5.